The predicted molar refractivity (Wildman–Crippen MR) is 128 cm³/mol. The Morgan fingerprint density at radius 1 is 0.939 bits per heavy atom. The molecule has 3 aromatic rings. The van der Waals surface area contributed by atoms with Gasteiger partial charge in [-0.3, -0.25) is 14.4 Å². The molecule has 1 saturated heterocycles. The molecule has 0 saturated carbocycles. The Hall–Kier alpha value is -3.84. The van der Waals surface area contributed by atoms with Crippen molar-refractivity contribution in [3.05, 3.63) is 83.4 Å². The van der Waals surface area contributed by atoms with Crippen LogP contribution in [0.3, 0.4) is 0 Å². The number of anilines is 3. The quantitative estimate of drug-likeness (QED) is 0.530. The number of benzene rings is 3. The van der Waals surface area contributed by atoms with Crippen LogP contribution >= 0.6 is 11.6 Å². The minimum Gasteiger partial charge on any atom is -0.483 e. The van der Waals surface area contributed by atoms with Crippen LogP contribution in [0.4, 0.5) is 17.1 Å². The SMILES string of the molecule is O=C(COc1ccc(Cl)cc1C(=O)Nc1ccccc1)Nc1cccc(N2CCCC2=O)c1. The zero-order chi connectivity index (χ0) is 23.2. The van der Waals surface area contributed by atoms with E-state index < -0.39 is 11.8 Å². The number of hydrogen-bond acceptors (Lipinski definition) is 4. The van der Waals surface area contributed by atoms with Crippen LogP contribution in [0.1, 0.15) is 23.2 Å². The lowest BCUT2D eigenvalue weighted by Gasteiger charge is -2.17. The maximum absolute atomic E-state index is 12.7. The van der Waals surface area contributed by atoms with Gasteiger partial charge in [-0.15, -0.1) is 0 Å². The molecule has 0 spiro atoms. The summed E-state index contributed by atoms with van der Waals surface area (Å²) in [4.78, 5) is 38.9. The summed E-state index contributed by atoms with van der Waals surface area (Å²) in [7, 11) is 0. The zero-order valence-electron chi connectivity index (χ0n) is 17.7. The van der Waals surface area contributed by atoms with E-state index in [2.05, 4.69) is 10.6 Å². The van der Waals surface area contributed by atoms with Crippen LogP contribution < -0.4 is 20.3 Å². The van der Waals surface area contributed by atoms with Crippen molar-refractivity contribution in [1.29, 1.82) is 0 Å². The van der Waals surface area contributed by atoms with Gasteiger partial charge in [0.2, 0.25) is 5.91 Å². The Kier molecular flexibility index (Phi) is 6.90. The molecule has 0 radical (unpaired) electrons. The molecule has 1 fully saturated rings. The van der Waals surface area contributed by atoms with E-state index in [9.17, 15) is 14.4 Å². The van der Waals surface area contributed by atoms with Crippen LogP contribution in [0, 0.1) is 0 Å². The summed E-state index contributed by atoms with van der Waals surface area (Å²) in [6.07, 6.45) is 1.36. The van der Waals surface area contributed by atoms with Gasteiger partial charge in [0.05, 0.1) is 5.56 Å². The molecule has 1 aliphatic rings. The van der Waals surface area contributed by atoms with Crippen molar-refractivity contribution < 1.29 is 19.1 Å². The van der Waals surface area contributed by atoms with Crippen molar-refractivity contribution in [2.45, 2.75) is 12.8 Å². The number of carbonyl (C=O) groups excluding carboxylic acids is 3. The van der Waals surface area contributed by atoms with Crippen molar-refractivity contribution in [3.8, 4) is 5.75 Å². The van der Waals surface area contributed by atoms with Crippen molar-refractivity contribution >= 4 is 46.4 Å². The molecule has 33 heavy (non-hydrogen) atoms. The molecule has 2 N–H and O–H groups in total. The normalized spacial score (nSPS) is 13.0. The van der Waals surface area contributed by atoms with E-state index in [1.165, 1.54) is 6.07 Å². The van der Waals surface area contributed by atoms with E-state index in [0.29, 0.717) is 29.4 Å². The van der Waals surface area contributed by atoms with Crippen LogP contribution in [0.2, 0.25) is 5.02 Å². The molecule has 0 unspecified atom stereocenters. The van der Waals surface area contributed by atoms with E-state index in [4.69, 9.17) is 16.3 Å². The Morgan fingerprint density at radius 2 is 1.73 bits per heavy atom. The highest BCUT2D eigenvalue weighted by molar-refractivity contribution is 6.31. The van der Waals surface area contributed by atoms with E-state index in [1.54, 1.807) is 47.4 Å². The van der Waals surface area contributed by atoms with Gasteiger partial charge in [-0.2, -0.15) is 0 Å². The van der Waals surface area contributed by atoms with E-state index in [-0.39, 0.29) is 23.8 Å². The monoisotopic (exact) mass is 463 g/mol. The van der Waals surface area contributed by atoms with Gasteiger partial charge in [-0.25, -0.2) is 0 Å². The number of nitrogens with one attached hydrogen (secondary N) is 2. The molecule has 3 aromatic carbocycles. The second kappa shape index (κ2) is 10.2. The van der Waals surface area contributed by atoms with E-state index in [1.807, 2.05) is 24.3 Å². The third-order valence-corrected chi connectivity index (χ3v) is 5.33. The number of para-hydroxylation sites is 1. The molecular formula is C25H22ClN3O4. The van der Waals surface area contributed by atoms with Crippen molar-refractivity contribution in [2.24, 2.45) is 0 Å². The van der Waals surface area contributed by atoms with Gasteiger partial charge in [0.15, 0.2) is 6.61 Å². The van der Waals surface area contributed by atoms with Crippen molar-refractivity contribution in [2.75, 3.05) is 28.7 Å². The topological polar surface area (TPSA) is 87.7 Å². The van der Waals surface area contributed by atoms with Crippen LogP contribution in [0.5, 0.6) is 5.75 Å². The Balaban J connectivity index is 1.40. The third-order valence-electron chi connectivity index (χ3n) is 5.09. The molecule has 0 bridgehead atoms. The number of ether oxygens (including phenoxy) is 1. The molecule has 7 nitrogen and oxygen atoms in total. The molecule has 3 amide bonds. The highest BCUT2D eigenvalue weighted by Crippen LogP contribution is 2.26. The highest BCUT2D eigenvalue weighted by Gasteiger charge is 2.22. The molecule has 8 heteroatoms. The zero-order valence-corrected chi connectivity index (χ0v) is 18.5. The summed E-state index contributed by atoms with van der Waals surface area (Å²) in [6, 6.07) is 20.7. The van der Waals surface area contributed by atoms with Crippen LogP contribution in [-0.2, 0) is 9.59 Å². The summed E-state index contributed by atoms with van der Waals surface area (Å²) in [5.41, 5.74) is 2.14. The average Bonchev–Trinajstić information content (AvgIpc) is 3.25. The van der Waals surface area contributed by atoms with Gasteiger partial charge in [-0.1, -0.05) is 35.9 Å². The first-order valence-electron chi connectivity index (χ1n) is 10.5. The van der Waals surface area contributed by atoms with E-state index >= 15 is 0 Å². The first-order valence-corrected chi connectivity index (χ1v) is 10.9. The van der Waals surface area contributed by atoms with Gasteiger partial charge in [0.25, 0.3) is 11.8 Å². The Labute approximate surface area is 196 Å². The van der Waals surface area contributed by atoms with Crippen LogP contribution in [0.15, 0.2) is 72.8 Å². The maximum atomic E-state index is 12.7. The number of halogens is 1. The molecule has 1 heterocycles. The Bertz CT molecular complexity index is 1180. The summed E-state index contributed by atoms with van der Waals surface area (Å²) in [6.45, 7) is 0.365. The number of amides is 3. The van der Waals surface area contributed by atoms with Gasteiger partial charge in [0, 0.05) is 35.1 Å². The summed E-state index contributed by atoms with van der Waals surface area (Å²) < 4.78 is 5.64. The standard InChI is InChI=1S/C25H22ClN3O4/c26-17-11-12-22(21(14-17)25(32)28-18-6-2-1-3-7-18)33-16-23(30)27-19-8-4-9-20(15-19)29-13-5-10-24(29)31/h1-4,6-9,11-12,14-15H,5,10,13,16H2,(H,27,30)(H,28,32). The minimum atomic E-state index is -0.401. The summed E-state index contributed by atoms with van der Waals surface area (Å²) >= 11 is 6.07. The molecular weight excluding hydrogens is 442 g/mol. The fraction of sp³-hybridized carbons (Fsp3) is 0.160. The fourth-order valence-electron chi connectivity index (χ4n) is 3.54. The lowest BCUT2D eigenvalue weighted by atomic mass is 10.2. The van der Waals surface area contributed by atoms with Crippen LogP contribution in [-0.4, -0.2) is 30.9 Å². The second-order valence-corrected chi connectivity index (χ2v) is 7.93. The number of hydrogen-bond donors (Lipinski definition) is 2. The van der Waals surface area contributed by atoms with E-state index in [0.717, 1.165) is 12.1 Å². The lowest BCUT2D eigenvalue weighted by molar-refractivity contribution is -0.118. The number of carbonyl (C=O) groups is 3. The van der Waals surface area contributed by atoms with Gasteiger partial charge in [0.1, 0.15) is 5.75 Å². The lowest BCUT2D eigenvalue weighted by Crippen LogP contribution is -2.24. The van der Waals surface area contributed by atoms with Gasteiger partial charge >= 0.3 is 0 Å². The number of rotatable bonds is 7. The molecule has 0 atom stereocenters. The molecule has 168 valence electrons. The summed E-state index contributed by atoms with van der Waals surface area (Å²) in [5, 5.41) is 5.92. The van der Waals surface area contributed by atoms with Crippen molar-refractivity contribution in [3.63, 3.8) is 0 Å². The predicted octanol–water partition coefficient (Wildman–Crippen LogP) is 4.74. The Morgan fingerprint density at radius 3 is 2.48 bits per heavy atom. The molecule has 4 rings (SSSR count). The van der Waals surface area contributed by atoms with Crippen LogP contribution in [0.25, 0.3) is 0 Å². The first-order chi connectivity index (χ1) is 16.0. The second-order valence-electron chi connectivity index (χ2n) is 7.50. The van der Waals surface area contributed by atoms with Gasteiger partial charge in [-0.05, 0) is 55.0 Å². The fourth-order valence-corrected chi connectivity index (χ4v) is 3.71. The minimum absolute atomic E-state index is 0.0749. The molecule has 0 aliphatic carbocycles. The highest BCUT2D eigenvalue weighted by atomic mass is 35.5. The maximum Gasteiger partial charge on any atom is 0.262 e. The van der Waals surface area contributed by atoms with Gasteiger partial charge < -0.3 is 20.3 Å². The number of nitrogens with zero attached hydrogens (tertiary/aromatic N) is 1. The third kappa shape index (κ3) is 5.70. The smallest absolute Gasteiger partial charge is 0.262 e. The first kappa shape index (κ1) is 22.4. The molecule has 1 aliphatic heterocycles. The largest absolute Gasteiger partial charge is 0.483 e. The summed E-state index contributed by atoms with van der Waals surface area (Å²) in [5.74, 6) is -0.489. The molecule has 0 aromatic heterocycles. The van der Waals surface area contributed by atoms with Crippen molar-refractivity contribution in [1.82, 2.24) is 0 Å². The average molecular weight is 464 g/mol.